The standard InChI is InChI=1S/C7H9B/c1-2-4-7-5-3-6-8-7/h2-3,5-6,8H,1,4H2. The Bertz CT molecular complexity index is 142. The topological polar surface area (TPSA) is 0 Å². The first-order valence-electron chi connectivity index (χ1n) is 2.89. The maximum absolute atomic E-state index is 3.66. The number of allylic oxidation sites excluding steroid dienone is 4. The van der Waals surface area contributed by atoms with E-state index in [9.17, 15) is 0 Å². The van der Waals surface area contributed by atoms with E-state index in [4.69, 9.17) is 0 Å². The van der Waals surface area contributed by atoms with E-state index in [-0.39, 0.29) is 0 Å². The van der Waals surface area contributed by atoms with Gasteiger partial charge in [-0.05, 0) is 6.42 Å². The van der Waals surface area contributed by atoms with E-state index >= 15 is 0 Å². The second-order valence-corrected chi connectivity index (χ2v) is 1.95. The molecule has 0 saturated carbocycles. The molecule has 0 N–H and O–H groups in total. The fourth-order valence-electron chi connectivity index (χ4n) is 0.828. The van der Waals surface area contributed by atoms with Gasteiger partial charge in [0.15, 0.2) is 7.28 Å². The van der Waals surface area contributed by atoms with Gasteiger partial charge in [0.05, 0.1) is 0 Å². The van der Waals surface area contributed by atoms with Crippen molar-refractivity contribution in [2.24, 2.45) is 0 Å². The van der Waals surface area contributed by atoms with Crippen molar-refractivity contribution >= 4 is 7.28 Å². The van der Waals surface area contributed by atoms with Gasteiger partial charge in [0.25, 0.3) is 0 Å². The maximum atomic E-state index is 3.66. The van der Waals surface area contributed by atoms with Crippen molar-refractivity contribution in [1.29, 1.82) is 0 Å². The minimum absolute atomic E-state index is 1.05. The molecule has 0 unspecified atom stereocenters. The molecule has 0 aromatic heterocycles. The zero-order valence-electron chi connectivity index (χ0n) is 4.93. The molecule has 0 saturated heterocycles. The molecule has 0 radical (unpaired) electrons. The molecule has 0 aliphatic carbocycles. The number of hydrogen-bond donors (Lipinski definition) is 0. The Morgan fingerprint density at radius 1 is 1.75 bits per heavy atom. The van der Waals surface area contributed by atoms with Crippen LogP contribution in [0, 0.1) is 0 Å². The molecule has 0 nitrogen and oxygen atoms in total. The van der Waals surface area contributed by atoms with Crippen molar-refractivity contribution in [3.8, 4) is 0 Å². The smallest absolute Gasteiger partial charge is 0.114 e. The first-order valence-corrected chi connectivity index (χ1v) is 2.89. The highest BCUT2D eigenvalue weighted by atomic mass is 13.8. The average molecular weight is 104 g/mol. The minimum Gasteiger partial charge on any atom is -0.114 e. The van der Waals surface area contributed by atoms with Gasteiger partial charge in [-0.2, -0.15) is 0 Å². The molecule has 8 heavy (non-hydrogen) atoms. The van der Waals surface area contributed by atoms with E-state index in [1.807, 2.05) is 6.08 Å². The molecule has 0 fully saturated rings. The molecule has 40 valence electrons. The molecular weight excluding hydrogens is 94.9 g/mol. The van der Waals surface area contributed by atoms with E-state index in [0.717, 1.165) is 13.7 Å². The summed E-state index contributed by atoms with van der Waals surface area (Å²) in [5.41, 5.74) is 1.47. The Morgan fingerprint density at radius 2 is 2.62 bits per heavy atom. The second-order valence-electron chi connectivity index (χ2n) is 1.95. The Hall–Kier alpha value is -0.715. The van der Waals surface area contributed by atoms with Gasteiger partial charge in [-0.1, -0.05) is 23.7 Å². The van der Waals surface area contributed by atoms with Gasteiger partial charge >= 0.3 is 0 Å². The van der Waals surface area contributed by atoms with Crippen molar-refractivity contribution in [3.05, 3.63) is 36.3 Å². The van der Waals surface area contributed by atoms with Crippen LogP contribution in [-0.2, 0) is 0 Å². The quantitative estimate of drug-likeness (QED) is 0.367. The summed E-state index contributed by atoms with van der Waals surface area (Å²) in [6.07, 6.45) is 7.24. The molecule has 1 heterocycles. The monoisotopic (exact) mass is 104 g/mol. The van der Waals surface area contributed by atoms with Crippen LogP contribution >= 0.6 is 0 Å². The van der Waals surface area contributed by atoms with E-state index < -0.39 is 0 Å². The maximum Gasteiger partial charge on any atom is 0.178 e. The lowest BCUT2D eigenvalue weighted by Gasteiger charge is -1.89. The minimum atomic E-state index is 1.05. The Labute approximate surface area is 50.8 Å². The average Bonchev–Trinajstić information content (AvgIpc) is 2.19. The van der Waals surface area contributed by atoms with Crippen molar-refractivity contribution in [1.82, 2.24) is 0 Å². The lowest BCUT2D eigenvalue weighted by molar-refractivity contribution is 1.36. The van der Waals surface area contributed by atoms with Crippen LogP contribution in [0.25, 0.3) is 0 Å². The molecule has 0 bridgehead atoms. The summed E-state index contributed by atoms with van der Waals surface area (Å²) in [6.45, 7) is 3.66. The van der Waals surface area contributed by atoms with Crippen LogP contribution in [0.5, 0.6) is 0 Å². The Morgan fingerprint density at radius 3 is 3.12 bits per heavy atom. The zero-order chi connectivity index (χ0) is 5.82. The van der Waals surface area contributed by atoms with Gasteiger partial charge in [-0.15, -0.1) is 12.6 Å². The third-order valence-electron chi connectivity index (χ3n) is 1.25. The third-order valence-corrected chi connectivity index (χ3v) is 1.25. The van der Waals surface area contributed by atoms with E-state index in [2.05, 4.69) is 24.7 Å². The third kappa shape index (κ3) is 1.13. The largest absolute Gasteiger partial charge is 0.178 e. The highest BCUT2D eigenvalue weighted by Gasteiger charge is 1.95. The van der Waals surface area contributed by atoms with Gasteiger partial charge in [-0.3, -0.25) is 0 Å². The first kappa shape index (κ1) is 5.42. The lowest BCUT2D eigenvalue weighted by atomic mass is 9.72. The van der Waals surface area contributed by atoms with Crippen LogP contribution in [0.1, 0.15) is 6.42 Å². The predicted molar refractivity (Wildman–Crippen MR) is 39.2 cm³/mol. The molecule has 1 aliphatic rings. The molecule has 1 heteroatoms. The van der Waals surface area contributed by atoms with Crippen molar-refractivity contribution in [2.45, 2.75) is 6.42 Å². The highest BCUT2D eigenvalue weighted by molar-refractivity contribution is 6.52. The van der Waals surface area contributed by atoms with Gasteiger partial charge in [0.2, 0.25) is 0 Å². The Balaban J connectivity index is 2.39. The molecule has 0 amide bonds. The molecule has 1 rings (SSSR count). The predicted octanol–water partition coefficient (Wildman–Crippen LogP) is 1.41. The van der Waals surface area contributed by atoms with Crippen molar-refractivity contribution in [3.63, 3.8) is 0 Å². The number of hydrogen-bond acceptors (Lipinski definition) is 0. The fourth-order valence-corrected chi connectivity index (χ4v) is 0.828. The summed E-state index contributed by atoms with van der Waals surface area (Å²) in [7, 11) is 1.13. The highest BCUT2D eigenvalue weighted by Crippen LogP contribution is 2.05. The molecule has 1 aliphatic heterocycles. The molecule has 0 aromatic rings. The fraction of sp³-hybridized carbons (Fsp3) is 0.143. The molecule has 0 aromatic carbocycles. The van der Waals surface area contributed by atoms with Crippen molar-refractivity contribution < 1.29 is 0 Å². The van der Waals surface area contributed by atoms with Crippen LogP contribution in [0.2, 0.25) is 0 Å². The van der Waals surface area contributed by atoms with Crippen LogP contribution in [0.4, 0.5) is 0 Å². The molecule has 0 atom stereocenters. The van der Waals surface area contributed by atoms with Gasteiger partial charge in [0, 0.05) is 0 Å². The second kappa shape index (κ2) is 2.56. The first-order chi connectivity index (χ1) is 3.93. The van der Waals surface area contributed by atoms with Crippen LogP contribution in [0.15, 0.2) is 36.3 Å². The van der Waals surface area contributed by atoms with Gasteiger partial charge in [0.1, 0.15) is 0 Å². The van der Waals surface area contributed by atoms with Crippen LogP contribution in [-0.4, -0.2) is 7.28 Å². The van der Waals surface area contributed by atoms with E-state index in [1.165, 1.54) is 5.47 Å². The molecular formula is C7H9B. The SMILES string of the molecule is C=CCC1=CC=CB1. The van der Waals surface area contributed by atoms with E-state index in [0.29, 0.717) is 0 Å². The summed E-state index contributed by atoms with van der Waals surface area (Å²) in [6, 6.07) is 0. The summed E-state index contributed by atoms with van der Waals surface area (Å²) >= 11 is 0. The van der Waals surface area contributed by atoms with Crippen molar-refractivity contribution in [2.75, 3.05) is 0 Å². The summed E-state index contributed by atoms with van der Waals surface area (Å²) in [5, 5.41) is 0. The van der Waals surface area contributed by atoms with E-state index in [1.54, 1.807) is 0 Å². The Kier molecular flexibility index (Phi) is 1.73. The lowest BCUT2D eigenvalue weighted by Crippen LogP contribution is -1.84. The van der Waals surface area contributed by atoms with Crippen LogP contribution in [0.3, 0.4) is 0 Å². The summed E-state index contributed by atoms with van der Waals surface area (Å²) in [4.78, 5) is 0. The molecule has 0 spiro atoms. The summed E-state index contributed by atoms with van der Waals surface area (Å²) < 4.78 is 0. The van der Waals surface area contributed by atoms with Crippen LogP contribution < -0.4 is 0 Å². The van der Waals surface area contributed by atoms with Gasteiger partial charge in [-0.25, -0.2) is 0 Å². The number of rotatable bonds is 2. The van der Waals surface area contributed by atoms with Gasteiger partial charge < -0.3 is 0 Å². The normalized spacial score (nSPS) is 15.2. The summed E-state index contributed by atoms with van der Waals surface area (Å²) in [5.74, 6) is 2.17. The zero-order valence-corrected chi connectivity index (χ0v) is 4.93.